The first-order valence-electron chi connectivity index (χ1n) is 19.1. The largest absolute Gasteiger partial charge is 0.545 e. The van der Waals surface area contributed by atoms with Crippen LogP contribution in [-0.2, 0) is 33.3 Å². The minimum absolute atomic E-state index is 0.143. The average Bonchev–Trinajstić information content (AvgIpc) is 3.05. The van der Waals surface area contributed by atoms with Crippen LogP contribution in [0.3, 0.4) is 0 Å². The predicted octanol–water partition coefficient (Wildman–Crippen LogP) is 7.77. The molecule has 0 saturated heterocycles. The number of carbonyl (C=O) groups excluding carboxylic acids is 3. The van der Waals surface area contributed by atoms with Gasteiger partial charge in [0, 0.05) is 12.8 Å². The number of aliphatic carboxylic acids is 1. The quantitative estimate of drug-likeness (QED) is 0.0221. The van der Waals surface area contributed by atoms with E-state index in [0.717, 1.165) is 89.9 Å². The topological polar surface area (TPSA) is 111 Å². The fraction of sp³-hybridized carbons (Fsp3) is 0.775. The number of carboxylic acids is 1. The number of likely N-dealkylation sites (N-methyl/N-ethyl adjacent to an activating group) is 1. The Bertz CT molecular complexity index is 908. The first kappa shape index (κ1) is 46.5. The van der Waals surface area contributed by atoms with E-state index in [4.69, 9.17) is 18.9 Å². The van der Waals surface area contributed by atoms with Crippen LogP contribution in [0.25, 0.3) is 0 Å². The Kier molecular flexibility index (Phi) is 31.0. The van der Waals surface area contributed by atoms with Crippen LogP contribution >= 0.6 is 0 Å². The van der Waals surface area contributed by atoms with Crippen LogP contribution in [0.2, 0.25) is 0 Å². The van der Waals surface area contributed by atoms with Gasteiger partial charge in [-0.25, -0.2) is 0 Å². The van der Waals surface area contributed by atoms with Gasteiger partial charge in [-0.15, -0.1) is 0 Å². The Balaban J connectivity index is 4.59. The number of unbranched alkanes of at least 4 members (excludes halogenated alkanes) is 13. The van der Waals surface area contributed by atoms with Crippen LogP contribution in [0.1, 0.15) is 142 Å². The summed E-state index contributed by atoms with van der Waals surface area (Å²) in [5, 5.41) is 11.6. The summed E-state index contributed by atoms with van der Waals surface area (Å²) in [5.41, 5.74) is 0. The van der Waals surface area contributed by atoms with Crippen molar-refractivity contribution in [3.8, 4) is 0 Å². The molecule has 9 heteroatoms. The lowest BCUT2D eigenvalue weighted by atomic mass is 10.1. The van der Waals surface area contributed by atoms with Gasteiger partial charge >= 0.3 is 11.9 Å². The van der Waals surface area contributed by atoms with Crippen molar-refractivity contribution in [2.45, 2.75) is 155 Å². The number of carbonyl (C=O) groups is 3. The Morgan fingerprint density at radius 2 is 1.14 bits per heavy atom. The molecule has 9 nitrogen and oxygen atoms in total. The molecule has 0 fully saturated rings. The maximum atomic E-state index is 12.6. The molecule has 0 rings (SSSR count). The Hall–Kier alpha value is -2.49. The second-order valence-corrected chi connectivity index (χ2v) is 13.9. The number of hydrogen-bond acceptors (Lipinski definition) is 8. The summed E-state index contributed by atoms with van der Waals surface area (Å²) in [6.45, 7) is 4.57. The van der Waals surface area contributed by atoms with Crippen LogP contribution in [0, 0.1) is 0 Å². The molecule has 0 aromatic heterocycles. The van der Waals surface area contributed by atoms with E-state index in [1.165, 1.54) is 19.3 Å². The third-order valence-corrected chi connectivity index (χ3v) is 7.84. The van der Waals surface area contributed by atoms with E-state index in [2.05, 4.69) is 50.3 Å². The number of esters is 2. The van der Waals surface area contributed by atoms with Crippen molar-refractivity contribution in [3.63, 3.8) is 0 Å². The van der Waals surface area contributed by atoms with Gasteiger partial charge in [-0.2, -0.15) is 0 Å². The highest BCUT2D eigenvalue weighted by molar-refractivity contribution is 5.70. The SMILES string of the molecule is CCC/C=C\C/C=C\CCCCCCCC(=O)OC(COC(=O)CCCCCCC/C=C\CCCC)COC(OCC[N+](C)(C)C)C(=O)[O-]. The third-order valence-electron chi connectivity index (χ3n) is 7.84. The van der Waals surface area contributed by atoms with E-state index in [9.17, 15) is 19.5 Å². The first-order chi connectivity index (χ1) is 23.6. The van der Waals surface area contributed by atoms with Gasteiger partial charge in [0.2, 0.25) is 0 Å². The molecule has 0 heterocycles. The monoisotopic (exact) mass is 694 g/mol. The molecule has 0 saturated carbocycles. The van der Waals surface area contributed by atoms with Crippen LogP contribution in [-0.4, -0.2) is 82.3 Å². The zero-order chi connectivity index (χ0) is 36.4. The van der Waals surface area contributed by atoms with Gasteiger partial charge in [0.1, 0.15) is 13.2 Å². The van der Waals surface area contributed by atoms with Gasteiger partial charge in [0.05, 0.1) is 40.3 Å². The van der Waals surface area contributed by atoms with Crippen LogP contribution < -0.4 is 5.11 Å². The minimum atomic E-state index is -1.62. The zero-order valence-electron chi connectivity index (χ0n) is 31.8. The maximum absolute atomic E-state index is 12.6. The van der Waals surface area contributed by atoms with Crippen molar-refractivity contribution < 1.29 is 42.9 Å². The number of rotatable bonds is 34. The summed E-state index contributed by atoms with van der Waals surface area (Å²) in [7, 11) is 5.88. The summed E-state index contributed by atoms with van der Waals surface area (Å²) in [6.07, 6.45) is 30.3. The van der Waals surface area contributed by atoms with Gasteiger partial charge < -0.3 is 33.3 Å². The smallest absolute Gasteiger partial charge is 0.306 e. The molecule has 0 radical (unpaired) electrons. The summed E-state index contributed by atoms with van der Waals surface area (Å²) in [5.74, 6) is -2.33. The number of ether oxygens (including phenoxy) is 4. The highest BCUT2D eigenvalue weighted by atomic mass is 16.7. The van der Waals surface area contributed by atoms with Gasteiger partial charge in [-0.1, -0.05) is 108 Å². The maximum Gasteiger partial charge on any atom is 0.306 e. The molecule has 0 amide bonds. The molecule has 0 aliphatic heterocycles. The van der Waals surface area contributed by atoms with E-state index >= 15 is 0 Å². The lowest BCUT2D eigenvalue weighted by Gasteiger charge is -2.26. The van der Waals surface area contributed by atoms with Crippen LogP contribution in [0.4, 0.5) is 0 Å². The molecule has 0 aromatic carbocycles. The van der Waals surface area contributed by atoms with Crippen molar-refractivity contribution in [1.29, 1.82) is 0 Å². The number of nitrogens with zero attached hydrogens (tertiary/aromatic N) is 1. The number of carboxylic acid groups (broad SMARTS) is 1. The molecule has 0 aliphatic carbocycles. The van der Waals surface area contributed by atoms with Gasteiger partial charge in [0.15, 0.2) is 12.4 Å². The Labute approximate surface area is 299 Å². The molecule has 0 bridgehead atoms. The molecular weight excluding hydrogens is 622 g/mol. The van der Waals surface area contributed by atoms with E-state index < -0.39 is 24.3 Å². The first-order valence-corrected chi connectivity index (χ1v) is 19.1. The highest BCUT2D eigenvalue weighted by Gasteiger charge is 2.21. The van der Waals surface area contributed by atoms with Crippen molar-refractivity contribution in [2.75, 3.05) is 47.5 Å². The Morgan fingerprint density at radius 3 is 1.71 bits per heavy atom. The highest BCUT2D eigenvalue weighted by Crippen LogP contribution is 2.12. The van der Waals surface area contributed by atoms with Crippen molar-refractivity contribution in [3.05, 3.63) is 36.5 Å². The molecule has 0 N–H and O–H groups in total. The van der Waals surface area contributed by atoms with Crippen LogP contribution in [0.5, 0.6) is 0 Å². The van der Waals surface area contributed by atoms with Crippen molar-refractivity contribution in [2.24, 2.45) is 0 Å². The van der Waals surface area contributed by atoms with E-state index in [1.54, 1.807) is 0 Å². The number of quaternary nitrogens is 1. The number of hydrogen-bond donors (Lipinski definition) is 0. The predicted molar refractivity (Wildman–Crippen MR) is 196 cm³/mol. The minimum Gasteiger partial charge on any atom is -0.545 e. The van der Waals surface area contributed by atoms with Gasteiger partial charge in [0.25, 0.3) is 0 Å². The van der Waals surface area contributed by atoms with Gasteiger partial charge in [-0.05, 0) is 57.8 Å². The fourth-order valence-corrected chi connectivity index (χ4v) is 4.79. The molecule has 49 heavy (non-hydrogen) atoms. The number of allylic oxidation sites excluding steroid dienone is 6. The second kappa shape index (κ2) is 32.7. The molecule has 284 valence electrons. The molecule has 0 spiro atoms. The average molecular weight is 694 g/mol. The molecule has 0 aromatic rings. The zero-order valence-corrected chi connectivity index (χ0v) is 31.8. The summed E-state index contributed by atoms with van der Waals surface area (Å²) >= 11 is 0. The lowest BCUT2D eigenvalue weighted by Crippen LogP contribution is -2.44. The fourth-order valence-electron chi connectivity index (χ4n) is 4.79. The van der Waals surface area contributed by atoms with Gasteiger partial charge in [-0.3, -0.25) is 9.59 Å². The van der Waals surface area contributed by atoms with E-state index in [-0.39, 0.29) is 38.6 Å². The molecule has 2 unspecified atom stereocenters. The van der Waals surface area contributed by atoms with Crippen LogP contribution in [0.15, 0.2) is 36.5 Å². The van der Waals surface area contributed by atoms with E-state index in [0.29, 0.717) is 17.4 Å². The Morgan fingerprint density at radius 1 is 0.612 bits per heavy atom. The summed E-state index contributed by atoms with van der Waals surface area (Å²) in [6, 6.07) is 0. The van der Waals surface area contributed by atoms with E-state index in [1.807, 2.05) is 21.1 Å². The molecule has 2 atom stereocenters. The van der Waals surface area contributed by atoms with Crippen molar-refractivity contribution >= 4 is 17.9 Å². The third kappa shape index (κ3) is 33.8. The normalized spacial score (nSPS) is 13.4. The second-order valence-electron chi connectivity index (χ2n) is 13.9. The standard InChI is InChI=1S/C40H71NO8/c1-6-8-10-12-14-16-18-19-21-23-25-27-29-31-38(43)49-36(35-48-40(39(44)45)46-33-32-41(3,4)5)34-47-37(42)30-28-26-24-22-20-17-15-13-11-9-7-2/h10,12-13,15-16,18,36,40H,6-9,11,14,17,19-35H2,1-5H3/b12-10-,15-13-,18-16-. The lowest BCUT2D eigenvalue weighted by molar-refractivity contribution is -0.870. The molecule has 0 aliphatic rings. The van der Waals surface area contributed by atoms with Crippen molar-refractivity contribution in [1.82, 2.24) is 0 Å². The summed E-state index contributed by atoms with van der Waals surface area (Å²) < 4.78 is 22.4. The summed E-state index contributed by atoms with van der Waals surface area (Å²) in [4.78, 5) is 36.7. The molecular formula is C40H71NO8.